The zero-order valence-corrected chi connectivity index (χ0v) is 10.1. The second-order valence-corrected chi connectivity index (χ2v) is 4.45. The van der Waals surface area contributed by atoms with E-state index >= 15 is 0 Å². The summed E-state index contributed by atoms with van der Waals surface area (Å²) in [5.41, 5.74) is 0.437. The van der Waals surface area contributed by atoms with Crippen LogP contribution in [0.3, 0.4) is 0 Å². The molecule has 102 valence electrons. The minimum atomic E-state index is -0.669. The summed E-state index contributed by atoms with van der Waals surface area (Å²) < 4.78 is 30.8. The molecule has 1 aliphatic rings. The zero-order valence-electron chi connectivity index (χ0n) is 10.1. The summed E-state index contributed by atoms with van der Waals surface area (Å²) in [7, 11) is 0. The van der Waals surface area contributed by atoms with Crippen molar-refractivity contribution in [3.8, 4) is 0 Å². The highest BCUT2D eigenvalue weighted by Gasteiger charge is 2.34. The molecule has 2 unspecified atom stereocenters. The fourth-order valence-electron chi connectivity index (χ4n) is 2.38. The monoisotopic (exact) mass is 269 g/mol. The molecule has 1 saturated heterocycles. The molecule has 1 N–H and O–H groups in total. The lowest BCUT2D eigenvalue weighted by atomic mass is 9.86. The van der Waals surface area contributed by atoms with Crippen molar-refractivity contribution < 1.29 is 23.1 Å². The lowest BCUT2D eigenvalue weighted by Crippen LogP contribution is -2.25. The molecule has 0 aromatic heterocycles. The maximum atomic E-state index is 13.2. The van der Waals surface area contributed by atoms with E-state index in [1.54, 1.807) is 0 Å². The standard InChI is InChI=1S/C13H13F2NO3/c14-9-1-8(2-10(15)3-9)11-4-16-5-12(11)13(18)6-19-7-17/h1-3,7,11-12,16H,4-6H2. The van der Waals surface area contributed by atoms with Gasteiger partial charge in [-0.3, -0.25) is 9.59 Å². The van der Waals surface area contributed by atoms with Gasteiger partial charge in [0, 0.05) is 31.0 Å². The Balaban J connectivity index is 2.18. The van der Waals surface area contributed by atoms with Gasteiger partial charge in [0.2, 0.25) is 0 Å². The number of benzene rings is 1. The molecule has 1 aromatic rings. The van der Waals surface area contributed by atoms with Gasteiger partial charge >= 0.3 is 0 Å². The number of carbonyl (C=O) groups is 2. The van der Waals surface area contributed by atoms with Crippen LogP contribution in [0.2, 0.25) is 0 Å². The molecule has 0 bridgehead atoms. The minimum Gasteiger partial charge on any atom is -0.460 e. The van der Waals surface area contributed by atoms with Gasteiger partial charge in [0.1, 0.15) is 18.2 Å². The molecule has 1 fully saturated rings. The Bertz CT molecular complexity index is 473. The van der Waals surface area contributed by atoms with Crippen molar-refractivity contribution in [3.63, 3.8) is 0 Å². The molecule has 2 rings (SSSR count). The van der Waals surface area contributed by atoms with Crippen molar-refractivity contribution in [3.05, 3.63) is 35.4 Å². The first-order chi connectivity index (χ1) is 9.11. The summed E-state index contributed by atoms with van der Waals surface area (Å²) in [5, 5.41) is 3.01. The van der Waals surface area contributed by atoms with Gasteiger partial charge in [-0.2, -0.15) is 0 Å². The van der Waals surface area contributed by atoms with Crippen LogP contribution in [0.1, 0.15) is 11.5 Å². The van der Waals surface area contributed by atoms with E-state index in [0.717, 1.165) is 6.07 Å². The summed E-state index contributed by atoms with van der Waals surface area (Å²) in [6, 6.07) is 3.24. The zero-order chi connectivity index (χ0) is 13.8. The number of hydrogen-bond donors (Lipinski definition) is 1. The van der Waals surface area contributed by atoms with Gasteiger partial charge in [-0.25, -0.2) is 8.78 Å². The molecule has 4 nitrogen and oxygen atoms in total. The number of rotatable bonds is 5. The van der Waals surface area contributed by atoms with Gasteiger partial charge in [0.15, 0.2) is 5.78 Å². The highest BCUT2D eigenvalue weighted by atomic mass is 19.1. The van der Waals surface area contributed by atoms with Crippen LogP contribution in [0.25, 0.3) is 0 Å². The van der Waals surface area contributed by atoms with Crippen LogP contribution in [0.15, 0.2) is 18.2 Å². The van der Waals surface area contributed by atoms with Crippen LogP contribution in [-0.2, 0) is 14.3 Å². The molecule has 6 heteroatoms. The molecule has 1 aromatic carbocycles. The second-order valence-electron chi connectivity index (χ2n) is 4.45. The number of hydrogen-bond acceptors (Lipinski definition) is 4. The average Bonchev–Trinajstić information content (AvgIpc) is 2.84. The third-order valence-electron chi connectivity index (χ3n) is 3.23. The Labute approximate surface area is 108 Å². The maximum absolute atomic E-state index is 13.2. The predicted octanol–water partition coefficient (Wildman–Crippen LogP) is 1.01. The van der Waals surface area contributed by atoms with Crippen molar-refractivity contribution in [1.29, 1.82) is 0 Å². The molecule has 0 amide bonds. The first-order valence-corrected chi connectivity index (χ1v) is 5.86. The Morgan fingerprint density at radius 3 is 2.63 bits per heavy atom. The Morgan fingerprint density at radius 1 is 1.32 bits per heavy atom. The maximum Gasteiger partial charge on any atom is 0.293 e. The summed E-state index contributed by atoms with van der Waals surface area (Å²) in [5.74, 6) is -2.35. The van der Waals surface area contributed by atoms with E-state index in [1.165, 1.54) is 12.1 Å². The molecule has 19 heavy (non-hydrogen) atoms. The van der Waals surface area contributed by atoms with Gasteiger partial charge in [0.25, 0.3) is 6.47 Å². The first-order valence-electron chi connectivity index (χ1n) is 5.86. The normalized spacial score (nSPS) is 22.2. The Morgan fingerprint density at radius 2 is 2.00 bits per heavy atom. The number of carbonyl (C=O) groups excluding carboxylic acids is 2. The summed E-state index contributed by atoms with van der Waals surface area (Å²) >= 11 is 0. The Hall–Kier alpha value is -1.82. The number of nitrogens with one attached hydrogen (secondary N) is 1. The molecule has 0 spiro atoms. The third-order valence-corrected chi connectivity index (χ3v) is 3.23. The smallest absolute Gasteiger partial charge is 0.293 e. The summed E-state index contributed by atoms with van der Waals surface area (Å²) in [6.45, 7) is 0.755. The van der Waals surface area contributed by atoms with Crippen LogP contribution < -0.4 is 5.32 Å². The molecule has 0 saturated carbocycles. The SMILES string of the molecule is O=COCC(=O)C1CNCC1c1cc(F)cc(F)c1. The molecule has 0 aliphatic carbocycles. The van der Waals surface area contributed by atoms with Crippen molar-refractivity contribution in [2.75, 3.05) is 19.7 Å². The van der Waals surface area contributed by atoms with Gasteiger partial charge in [-0.15, -0.1) is 0 Å². The van der Waals surface area contributed by atoms with Crippen LogP contribution in [0.4, 0.5) is 8.78 Å². The molecular formula is C13H13F2NO3. The van der Waals surface area contributed by atoms with Crippen LogP contribution >= 0.6 is 0 Å². The van der Waals surface area contributed by atoms with E-state index in [9.17, 15) is 18.4 Å². The lowest BCUT2D eigenvalue weighted by Gasteiger charge is -2.17. The van der Waals surface area contributed by atoms with Crippen molar-refractivity contribution in [2.24, 2.45) is 5.92 Å². The number of halogens is 2. The summed E-state index contributed by atoms with van der Waals surface area (Å²) in [4.78, 5) is 21.9. The quantitative estimate of drug-likeness (QED) is 0.811. The largest absolute Gasteiger partial charge is 0.460 e. The lowest BCUT2D eigenvalue weighted by molar-refractivity contribution is -0.138. The molecular weight excluding hydrogens is 256 g/mol. The molecule has 0 radical (unpaired) electrons. The van der Waals surface area contributed by atoms with E-state index < -0.39 is 17.6 Å². The van der Waals surface area contributed by atoms with Crippen molar-refractivity contribution >= 4 is 12.3 Å². The fraction of sp³-hybridized carbons (Fsp3) is 0.385. The topological polar surface area (TPSA) is 55.4 Å². The van der Waals surface area contributed by atoms with E-state index in [-0.39, 0.29) is 24.8 Å². The number of ether oxygens (including phenoxy) is 1. The average molecular weight is 269 g/mol. The van der Waals surface area contributed by atoms with Gasteiger partial charge in [-0.1, -0.05) is 0 Å². The van der Waals surface area contributed by atoms with Gasteiger partial charge in [0.05, 0.1) is 0 Å². The molecule has 1 aliphatic heterocycles. The van der Waals surface area contributed by atoms with E-state index in [2.05, 4.69) is 10.1 Å². The van der Waals surface area contributed by atoms with Crippen LogP contribution in [0.5, 0.6) is 0 Å². The highest BCUT2D eigenvalue weighted by Crippen LogP contribution is 2.29. The van der Waals surface area contributed by atoms with Gasteiger partial charge in [-0.05, 0) is 17.7 Å². The molecule has 2 atom stereocenters. The van der Waals surface area contributed by atoms with Crippen LogP contribution in [-0.4, -0.2) is 32.0 Å². The number of Topliss-reactive ketones (excluding diaryl/α,β-unsaturated/α-hetero) is 1. The Kier molecular flexibility index (Phi) is 4.21. The number of ketones is 1. The first kappa shape index (κ1) is 13.6. The predicted molar refractivity (Wildman–Crippen MR) is 62.5 cm³/mol. The van der Waals surface area contributed by atoms with Gasteiger partial charge < -0.3 is 10.1 Å². The van der Waals surface area contributed by atoms with Crippen LogP contribution in [0, 0.1) is 17.6 Å². The second kappa shape index (κ2) is 5.88. The molecule has 1 heterocycles. The third kappa shape index (κ3) is 3.14. The highest BCUT2D eigenvalue weighted by molar-refractivity contribution is 5.84. The van der Waals surface area contributed by atoms with Crippen molar-refractivity contribution in [1.82, 2.24) is 5.32 Å². The summed E-state index contributed by atoms with van der Waals surface area (Å²) in [6.07, 6.45) is 0. The van der Waals surface area contributed by atoms with E-state index in [1.807, 2.05) is 0 Å². The van der Waals surface area contributed by atoms with Crippen molar-refractivity contribution in [2.45, 2.75) is 5.92 Å². The fourth-order valence-corrected chi connectivity index (χ4v) is 2.38. The van der Waals surface area contributed by atoms with E-state index in [4.69, 9.17) is 0 Å². The minimum absolute atomic E-state index is 0.205. The van der Waals surface area contributed by atoms with E-state index in [0.29, 0.717) is 18.7 Å².